The number of thioether (sulfide) groups is 1. The van der Waals surface area contributed by atoms with Gasteiger partial charge >= 0.3 is 5.97 Å². The van der Waals surface area contributed by atoms with Crippen molar-refractivity contribution in [3.05, 3.63) is 81.9 Å². The number of aromatic nitrogens is 2. The van der Waals surface area contributed by atoms with Crippen molar-refractivity contribution in [3.63, 3.8) is 0 Å². The van der Waals surface area contributed by atoms with Crippen molar-refractivity contribution in [1.82, 2.24) is 10.2 Å². The molecule has 0 saturated carbocycles. The highest BCUT2D eigenvalue weighted by Gasteiger charge is 2.17. The highest BCUT2D eigenvalue weighted by molar-refractivity contribution is 8.03. The van der Waals surface area contributed by atoms with Gasteiger partial charge in [0.15, 0.2) is 5.09 Å². The second kappa shape index (κ2) is 9.47. The number of aliphatic carboxylic acids is 1. The van der Waals surface area contributed by atoms with Crippen LogP contribution in [0.5, 0.6) is 0 Å². The minimum Gasteiger partial charge on any atom is -0.477 e. The third-order valence-corrected chi connectivity index (χ3v) is 6.05. The van der Waals surface area contributed by atoms with Gasteiger partial charge in [0.05, 0.1) is 0 Å². The zero-order chi connectivity index (χ0) is 21.8. The Kier molecular flexibility index (Phi) is 6.50. The van der Waals surface area contributed by atoms with E-state index in [-0.39, 0.29) is 16.0 Å². The predicted molar refractivity (Wildman–Crippen MR) is 120 cm³/mol. The number of aryl methyl sites for hydroxylation is 1. The van der Waals surface area contributed by atoms with Gasteiger partial charge in [-0.3, -0.25) is 0 Å². The molecule has 156 valence electrons. The Hall–Kier alpha value is -2.94. The van der Waals surface area contributed by atoms with Crippen LogP contribution in [0.2, 0.25) is 5.02 Å². The molecule has 0 unspecified atom stereocenters. The Bertz CT molecular complexity index is 1230. The monoisotopic (exact) mass is 470 g/mol. The summed E-state index contributed by atoms with van der Waals surface area (Å²) in [6.07, 6.45) is 1.43. The van der Waals surface area contributed by atoms with Crippen LogP contribution in [0.4, 0.5) is 0 Å². The molecule has 0 radical (unpaired) electrons. The molecule has 0 saturated heterocycles. The Balaban J connectivity index is 1.49. The first-order chi connectivity index (χ1) is 15.0. The summed E-state index contributed by atoms with van der Waals surface area (Å²) in [6, 6.07) is 18.5. The van der Waals surface area contributed by atoms with Gasteiger partial charge in [0.2, 0.25) is 5.89 Å². The highest BCUT2D eigenvalue weighted by atomic mass is 35.5. The number of hydrogen-bond acceptors (Lipinski definition) is 7. The lowest BCUT2D eigenvalue weighted by atomic mass is 10.2. The van der Waals surface area contributed by atoms with E-state index < -0.39 is 5.97 Å². The maximum Gasteiger partial charge on any atom is 0.342 e. The maximum absolute atomic E-state index is 11.7. The fraction of sp³-hybridized carbons (Fsp3) is 0.0455. The summed E-state index contributed by atoms with van der Waals surface area (Å²) in [7, 11) is 0. The molecule has 9 heteroatoms. The molecule has 1 N–H and O–H groups in total. The molecule has 31 heavy (non-hydrogen) atoms. The second-order valence-electron chi connectivity index (χ2n) is 6.37. The van der Waals surface area contributed by atoms with Crippen molar-refractivity contribution in [1.29, 1.82) is 0 Å². The van der Waals surface area contributed by atoms with E-state index in [9.17, 15) is 9.90 Å². The maximum atomic E-state index is 11.7. The first-order valence-corrected chi connectivity index (χ1v) is 11.0. The summed E-state index contributed by atoms with van der Waals surface area (Å²) in [6.45, 7) is 2.02. The standard InChI is InChI=1S/C22H15ClN2O4S2/c1-13-2-9-17(10-3-13)30-19-11-8-16(28-19)12-18(21(26)27)31-22-25-24-20(29-22)14-4-6-15(23)7-5-14/h2-12H,1H3,(H,26,27)/b18-12-. The Morgan fingerprint density at radius 3 is 2.45 bits per heavy atom. The third-order valence-electron chi connectivity index (χ3n) is 4.02. The minimum atomic E-state index is -1.12. The molecule has 0 atom stereocenters. The number of carboxylic acid groups (broad SMARTS) is 1. The van der Waals surface area contributed by atoms with E-state index >= 15 is 0 Å². The van der Waals surface area contributed by atoms with E-state index in [4.69, 9.17) is 20.4 Å². The molecule has 0 bridgehead atoms. The Morgan fingerprint density at radius 2 is 1.74 bits per heavy atom. The van der Waals surface area contributed by atoms with Gasteiger partial charge in [-0.2, -0.15) is 0 Å². The molecular weight excluding hydrogens is 456 g/mol. The molecular formula is C22H15ClN2O4S2. The molecule has 0 amide bonds. The molecule has 2 heterocycles. The lowest BCUT2D eigenvalue weighted by molar-refractivity contribution is -0.131. The van der Waals surface area contributed by atoms with Gasteiger partial charge in [-0.25, -0.2) is 4.79 Å². The number of halogens is 1. The number of furan rings is 1. The van der Waals surface area contributed by atoms with Crippen LogP contribution in [-0.2, 0) is 4.79 Å². The van der Waals surface area contributed by atoms with E-state index in [0.29, 0.717) is 21.4 Å². The molecule has 0 spiro atoms. The van der Waals surface area contributed by atoms with Crippen LogP contribution in [0.25, 0.3) is 17.5 Å². The SMILES string of the molecule is Cc1ccc(Sc2ccc(/C=C(\Sc3nnc(-c4ccc(Cl)cc4)o3)C(=O)O)o2)cc1. The topological polar surface area (TPSA) is 89.4 Å². The van der Waals surface area contributed by atoms with Crippen molar-refractivity contribution in [3.8, 4) is 11.5 Å². The zero-order valence-corrected chi connectivity index (χ0v) is 18.5. The van der Waals surface area contributed by atoms with Gasteiger partial charge in [-0.1, -0.05) is 41.1 Å². The fourth-order valence-corrected chi connectivity index (χ4v) is 4.06. The summed E-state index contributed by atoms with van der Waals surface area (Å²) in [5.74, 6) is -0.434. The number of nitrogens with zero attached hydrogens (tertiary/aromatic N) is 2. The van der Waals surface area contributed by atoms with Crippen LogP contribution in [-0.4, -0.2) is 21.3 Å². The number of rotatable bonds is 7. The van der Waals surface area contributed by atoms with Gasteiger partial charge < -0.3 is 13.9 Å². The third kappa shape index (κ3) is 5.61. The van der Waals surface area contributed by atoms with E-state index in [1.165, 1.54) is 23.4 Å². The molecule has 2 aromatic carbocycles. The van der Waals surface area contributed by atoms with Crippen LogP contribution in [0.1, 0.15) is 11.3 Å². The van der Waals surface area contributed by atoms with Crippen LogP contribution >= 0.6 is 35.1 Å². The van der Waals surface area contributed by atoms with E-state index in [1.54, 1.807) is 36.4 Å². The summed E-state index contributed by atoms with van der Waals surface area (Å²) < 4.78 is 11.3. The molecule has 6 nitrogen and oxygen atoms in total. The number of carbonyl (C=O) groups is 1. The molecule has 4 aromatic rings. The van der Waals surface area contributed by atoms with Crippen LogP contribution < -0.4 is 0 Å². The van der Waals surface area contributed by atoms with Crippen molar-refractivity contribution in [2.24, 2.45) is 0 Å². The lowest BCUT2D eigenvalue weighted by Crippen LogP contribution is -1.96. The lowest BCUT2D eigenvalue weighted by Gasteiger charge is -1.99. The van der Waals surface area contributed by atoms with Crippen molar-refractivity contribution in [2.75, 3.05) is 0 Å². The zero-order valence-electron chi connectivity index (χ0n) is 16.1. The normalized spacial score (nSPS) is 11.6. The first kappa shape index (κ1) is 21.3. The summed E-state index contributed by atoms with van der Waals surface area (Å²) in [4.78, 5) is 12.7. The summed E-state index contributed by atoms with van der Waals surface area (Å²) in [5, 5.41) is 18.8. The van der Waals surface area contributed by atoms with E-state index in [2.05, 4.69) is 10.2 Å². The molecule has 0 aliphatic heterocycles. The van der Waals surface area contributed by atoms with Gasteiger partial charge in [0, 0.05) is 21.6 Å². The molecule has 0 aliphatic carbocycles. The minimum absolute atomic E-state index is 0.00691. The Morgan fingerprint density at radius 1 is 1.00 bits per heavy atom. The van der Waals surface area contributed by atoms with Crippen LogP contribution in [0, 0.1) is 6.92 Å². The second-order valence-corrected chi connectivity index (χ2v) is 8.88. The smallest absolute Gasteiger partial charge is 0.342 e. The number of benzene rings is 2. The first-order valence-electron chi connectivity index (χ1n) is 9.03. The molecule has 0 fully saturated rings. The average Bonchev–Trinajstić information content (AvgIpc) is 3.39. The van der Waals surface area contributed by atoms with Gasteiger partial charge in [0.25, 0.3) is 5.22 Å². The van der Waals surface area contributed by atoms with Crippen LogP contribution in [0.3, 0.4) is 0 Å². The summed E-state index contributed by atoms with van der Waals surface area (Å²) >= 11 is 8.20. The van der Waals surface area contributed by atoms with Crippen molar-refractivity contribution in [2.45, 2.75) is 22.1 Å². The van der Waals surface area contributed by atoms with Crippen molar-refractivity contribution < 1.29 is 18.7 Å². The van der Waals surface area contributed by atoms with E-state index in [1.807, 2.05) is 31.2 Å². The molecule has 0 aliphatic rings. The summed E-state index contributed by atoms with van der Waals surface area (Å²) in [5.41, 5.74) is 1.86. The molecule has 4 rings (SSSR count). The van der Waals surface area contributed by atoms with Gasteiger partial charge in [0.1, 0.15) is 10.7 Å². The largest absolute Gasteiger partial charge is 0.477 e. The van der Waals surface area contributed by atoms with Gasteiger partial charge in [-0.05, 0) is 67.2 Å². The molecule has 2 aromatic heterocycles. The Labute approximate surface area is 191 Å². The van der Waals surface area contributed by atoms with Gasteiger partial charge in [-0.15, -0.1) is 10.2 Å². The highest BCUT2D eigenvalue weighted by Crippen LogP contribution is 2.33. The number of carboxylic acids is 1. The fourth-order valence-electron chi connectivity index (χ4n) is 2.51. The van der Waals surface area contributed by atoms with Crippen molar-refractivity contribution >= 4 is 47.2 Å². The quantitative estimate of drug-likeness (QED) is 0.237. The average molecular weight is 471 g/mol. The number of hydrogen-bond donors (Lipinski definition) is 1. The van der Waals surface area contributed by atoms with Crippen LogP contribution in [0.15, 0.2) is 89.6 Å². The van der Waals surface area contributed by atoms with E-state index in [0.717, 1.165) is 16.7 Å². The predicted octanol–water partition coefficient (Wildman–Crippen LogP) is 6.66.